The van der Waals surface area contributed by atoms with Gasteiger partial charge in [-0.3, -0.25) is 5.10 Å². The topological polar surface area (TPSA) is 120 Å². The van der Waals surface area contributed by atoms with Gasteiger partial charge in [0, 0.05) is 39.9 Å². The Morgan fingerprint density at radius 1 is 0.794 bits per heavy atom. The minimum absolute atomic E-state index is 0.323. The summed E-state index contributed by atoms with van der Waals surface area (Å²) in [5.41, 5.74) is 4.83. The summed E-state index contributed by atoms with van der Waals surface area (Å²) >= 11 is 0. The third-order valence-corrected chi connectivity index (χ3v) is 5.08. The van der Waals surface area contributed by atoms with Crippen molar-refractivity contribution in [3.8, 4) is 0 Å². The standard InChI is InChI=1S/C25H22N8O/c1-16-14-26-24(32-23(16)28-21-11-10-17-15-27-33-22(17)13-21)29-19-8-5-9-20(12-19)31-25(34)30-18-6-3-2-4-7-18/h2-15H,1H3,(H,27,33)(H2,30,31,34)(H2,26,28,29,32). The molecule has 3 aromatic carbocycles. The number of H-pyrrole nitrogens is 1. The molecule has 9 heteroatoms. The molecule has 0 aliphatic carbocycles. The molecule has 168 valence electrons. The number of fused-ring (bicyclic) bond motifs is 1. The minimum atomic E-state index is -0.323. The van der Waals surface area contributed by atoms with Crippen LogP contribution < -0.4 is 21.3 Å². The molecule has 0 radical (unpaired) electrons. The summed E-state index contributed by atoms with van der Waals surface area (Å²) in [7, 11) is 0. The van der Waals surface area contributed by atoms with Crippen molar-refractivity contribution >= 4 is 51.4 Å². The third kappa shape index (κ3) is 4.94. The SMILES string of the molecule is Cc1cnc(Nc2cccc(NC(=O)Nc3ccccc3)c2)nc1Nc1ccc2cn[nH]c2c1. The summed E-state index contributed by atoms with van der Waals surface area (Å²) in [5, 5.41) is 20.2. The van der Waals surface area contributed by atoms with Crippen LogP contribution in [0, 0.1) is 6.92 Å². The Morgan fingerprint density at radius 2 is 1.56 bits per heavy atom. The number of hydrogen-bond acceptors (Lipinski definition) is 6. The molecule has 0 atom stereocenters. The zero-order valence-electron chi connectivity index (χ0n) is 18.3. The number of carbonyl (C=O) groups is 1. The van der Waals surface area contributed by atoms with Gasteiger partial charge in [-0.15, -0.1) is 0 Å². The molecule has 0 saturated heterocycles. The molecular weight excluding hydrogens is 428 g/mol. The van der Waals surface area contributed by atoms with E-state index in [1.165, 1.54) is 0 Å². The highest BCUT2D eigenvalue weighted by Gasteiger charge is 2.08. The van der Waals surface area contributed by atoms with Crippen LogP contribution in [0.3, 0.4) is 0 Å². The predicted octanol–water partition coefficient (Wildman–Crippen LogP) is 5.79. The number of hydrogen-bond donors (Lipinski definition) is 5. The lowest BCUT2D eigenvalue weighted by Gasteiger charge is -2.12. The van der Waals surface area contributed by atoms with Crippen molar-refractivity contribution < 1.29 is 4.79 Å². The molecule has 0 saturated carbocycles. The lowest BCUT2D eigenvalue weighted by Crippen LogP contribution is -2.19. The van der Waals surface area contributed by atoms with Crippen molar-refractivity contribution in [2.45, 2.75) is 6.92 Å². The molecule has 0 bridgehead atoms. The summed E-state index contributed by atoms with van der Waals surface area (Å²) in [5.74, 6) is 1.12. The molecule has 5 aromatic rings. The maximum Gasteiger partial charge on any atom is 0.323 e. The first-order chi connectivity index (χ1) is 16.6. The van der Waals surface area contributed by atoms with Crippen molar-refractivity contribution in [3.63, 3.8) is 0 Å². The predicted molar refractivity (Wildman–Crippen MR) is 135 cm³/mol. The lowest BCUT2D eigenvalue weighted by atomic mass is 10.2. The van der Waals surface area contributed by atoms with Gasteiger partial charge in [-0.2, -0.15) is 10.1 Å². The quantitative estimate of drug-likeness (QED) is 0.223. The number of amides is 2. The van der Waals surface area contributed by atoms with Crippen LogP contribution in [0.5, 0.6) is 0 Å². The van der Waals surface area contributed by atoms with Gasteiger partial charge in [0.15, 0.2) is 0 Å². The summed E-state index contributed by atoms with van der Waals surface area (Å²) in [6.45, 7) is 1.94. The maximum absolute atomic E-state index is 12.3. The van der Waals surface area contributed by atoms with E-state index in [-0.39, 0.29) is 6.03 Å². The van der Waals surface area contributed by atoms with E-state index in [1.54, 1.807) is 12.4 Å². The van der Waals surface area contributed by atoms with E-state index in [1.807, 2.05) is 79.7 Å². The molecule has 2 amide bonds. The number of carbonyl (C=O) groups excluding carboxylic acids is 1. The van der Waals surface area contributed by atoms with Gasteiger partial charge in [-0.1, -0.05) is 24.3 Å². The number of anilines is 6. The summed E-state index contributed by atoms with van der Waals surface area (Å²) in [6, 6.07) is 22.2. The second kappa shape index (κ2) is 9.29. The monoisotopic (exact) mass is 450 g/mol. The lowest BCUT2D eigenvalue weighted by molar-refractivity contribution is 0.262. The Hall–Kier alpha value is -4.92. The molecule has 5 N–H and O–H groups in total. The van der Waals surface area contributed by atoms with Crippen molar-refractivity contribution in [2.24, 2.45) is 0 Å². The Bertz CT molecular complexity index is 1450. The first-order valence-electron chi connectivity index (χ1n) is 10.7. The van der Waals surface area contributed by atoms with Crippen molar-refractivity contribution in [2.75, 3.05) is 21.3 Å². The summed E-state index contributed by atoms with van der Waals surface area (Å²) < 4.78 is 0. The van der Waals surface area contributed by atoms with E-state index in [2.05, 4.69) is 41.4 Å². The van der Waals surface area contributed by atoms with Crippen molar-refractivity contribution in [3.05, 3.63) is 90.8 Å². The van der Waals surface area contributed by atoms with Crippen LogP contribution in [0.1, 0.15) is 5.56 Å². The summed E-state index contributed by atoms with van der Waals surface area (Å²) in [6.07, 6.45) is 3.53. The number of benzene rings is 3. The van der Waals surface area contributed by atoms with E-state index >= 15 is 0 Å². The van der Waals surface area contributed by atoms with E-state index < -0.39 is 0 Å². The number of aromatic nitrogens is 4. The number of nitrogens with one attached hydrogen (secondary N) is 5. The molecule has 0 aliphatic rings. The van der Waals surface area contributed by atoms with Gasteiger partial charge in [0.2, 0.25) is 5.95 Å². The van der Waals surface area contributed by atoms with Gasteiger partial charge in [0.05, 0.1) is 11.7 Å². The molecule has 2 aromatic heterocycles. The average molecular weight is 451 g/mol. The fraction of sp³-hybridized carbons (Fsp3) is 0.0400. The molecule has 34 heavy (non-hydrogen) atoms. The smallest absolute Gasteiger partial charge is 0.323 e. The molecule has 0 aliphatic heterocycles. The van der Waals surface area contributed by atoms with E-state index in [4.69, 9.17) is 0 Å². The fourth-order valence-corrected chi connectivity index (χ4v) is 3.40. The van der Waals surface area contributed by atoms with Crippen molar-refractivity contribution in [1.29, 1.82) is 0 Å². The van der Waals surface area contributed by atoms with Gasteiger partial charge < -0.3 is 21.3 Å². The number of aryl methyl sites for hydroxylation is 1. The van der Waals surface area contributed by atoms with E-state index in [0.717, 1.165) is 27.8 Å². The zero-order valence-corrected chi connectivity index (χ0v) is 18.3. The highest BCUT2D eigenvalue weighted by atomic mass is 16.2. The van der Waals surface area contributed by atoms with Crippen LogP contribution in [0.15, 0.2) is 85.2 Å². The van der Waals surface area contributed by atoms with Crippen LogP contribution in [0.2, 0.25) is 0 Å². The highest BCUT2D eigenvalue weighted by Crippen LogP contribution is 2.24. The largest absolute Gasteiger partial charge is 0.340 e. The summed E-state index contributed by atoms with van der Waals surface area (Å²) in [4.78, 5) is 21.3. The second-order valence-electron chi connectivity index (χ2n) is 7.67. The first kappa shape index (κ1) is 21.0. The molecule has 9 nitrogen and oxygen atoms in total. The molecule has 0 spiro atoms. The van der Waals surface area contributed by atoms with Gasteiger partial charge in [-0.25, -0.2) is 9.78 Å². The molecule has 5 rings (SSSR count). The van der Waals surface area contributed by atoms with Crippen LogP contribution in [0.25, 0.3) is 10.9 Å². The Morgan fingerprint density at radius 3 is 2.44 bits per heavy atom. The number of para-hydroxylation sites is 1. The zero-order chi connectivity index (χ0) is 23.3. The normalized spacial score (nSPS) is 10.6. The molecule has 0 unspecified atom stereocenters. The van der Waals surface area contributed by atoms with Gasteiger partial charge in [0.1, 0.15) is 5.82 Å². The third-order valence-electron chi connectivity index (χ3n) is 5.08. The average Bonchev–Trinajstić information content (AvgIpc) is 3.30. The van der Waals surface area contributed by atoms with E-state index in [9.17, 15) is 4.79 Å². The van der Waals surface area contributed by atoms with Gasteiger partial charge in [0.25, 0.3) is 0 Å². The number of nitrogens with zero attached hydrogens (tertiary/aromatic N) is 3. The van der Waals surface area contributed by atoms with Crippen LogP contribution >= 0.6 is 0 Å². The minimum Gasteiger partial charge on any atom is -0.340 e. The van der Waals surface area contributed by atoms with Gasteiger partial charge in [-0.05, 0) is 55.5 Å². The second-order valence-corrected chi connectivity index (χ2v) is 7.67. The van der Waals surface area contributed by atoms with Crippen LogP contribution in [-0.2, 0) is 0 Å². The maximum atomic E-state index is 12.3. The van der Waals surface area contributed by atoms with Gasteiger partial charge >= 0.3 is 6.03 Å². The Balaban J connectivity index is 1.28. The number of rotatable bonds is 6. The number of urea groups is 1. The van der Waals surface area contributed by atoms with E-state index in [0.29, 0.717) is 23.1 Å². The first-order valence-corrected chi connectivity index (χ1v) is 10.7. The molecule has 2 heterocycles. The highest BCUT2D eigenvalue weighted by molar-refractivity contribution is 6.00. The molecule has 0 fully saturated rings. The molecular formula is C25H22N8O. The van der Waals surface area contributed by atoms with Crippen LogP contribution in [0.4, 0.5) is 39.3 Å². The Kier molecular flexibility index (Phi) is 5.73. The fourth-order valence-electron chi connectivity index (χ4n) is 3.40. The number of aromatic amines is 1. The Labute approximate surface area is 195 Å². The van der Waals surface area contributed by atoms with Crippen molar-refractivity contribution in [1.82, 2.24) is 20.2 Å². The van der Waals surface area contributed by atoms with Crippen LogP contribution in [-0.4, -0.2) is 26.2 Å².